The number of carboxylic acid groups (broad SMARTS) is 2. The zero-order valence-electron chi connectivity index (χ0n) is 12.9. The molecule has 0 bridgehead atoms. The van der Waals surface area contributed by atoms with Crippen molar-refractivity contribution in [3.63, 3.8) is 0 Å². The van der Waals surface area contributed by atoms with Crippen molar-refractivity contribution in [2.45, 2.75) is 43.9 Å². The average Bonchev–Trinajstić information content (AvgIpc) is 2.44. The van der Waals surface area contributed by atoms with Crippen LogP contribution >= 0.6 is 0 Å². The van der Waals surface area contributed by atoms with Crippen LogP contribution in [0.15, 0.2) is 0 Å². The Morgan fingerprint density at radius 3 is 1.17 bits per heavy atom. The Kier molecular flexibility index (Phi) is 22.7. The number of carbonyl (C=O) groups is 2. The molecule has 13 nitrogen and oxygen atoms in total. The third-order valence-corrected chi connectivity index (χ3v) is 1.75. The van der Waals surface area contributed by atoms with E-state index < -0.39 is 48.9 Å². The van der Waals surface area contributed by atoms with Gasteiger partial charge in [0.25, 0.3) is 0 Å². The summed E-state index contributed by atoms with van der Waals surface area (Å²) in [6.07, 6.45) is -13.2. The van der Waals surface area contributed by atoms with E-state index in [1.807, 2.05) is 0 Å². The standard InChI is InChI=1S/2C4H8O6.C2H6O.Na/c2*5-1(3(7)8)2(6)4(9)10;1-2-3;/h2*1-3,5-8H,(H,9,10);3H,2H2,1H3;/q;;;+1/p-1. The summed E-state index contributed by atoms with van der Waals surface area (Å²) in [4.78, 5) is 19.5. The molecule has 0 amide bonds. The van der Waals surface area contributed by atoms with Gasteiger partial charge in [-0.25, -0.2) is 4.79 Å². The molecule has 24 heavy (non-hydrogen) atoms. The molecular formula is C10H21NaO13. The summed E-state index contributed by atoms with van der Waals surface area (Å²) in [5, 5.41) is 91.2. The number of aliphatic hydroxyl groups is 9. The van der Waals surface area contributed by atoms with Gasteiger partial charge in [-0.05, 0) is 6.92 Å². The monoisotopic (exact) mass is 372 g/mol. The van der Waals surface area contributed by atoms with Crippen molar-refractivity contribution in [3.8, 4) is 0 Å². The van der Waals surface area contributed by atoms with Crippen molar-refractivity contribution in [2.75, 3.05) is 6.61 Å². The van der Waals surface area contributed by atoms with E-state index >= 15 is 0 Å². The van der Waals surface area contributed by atoms with Crippen LogP contribution in [0.2, 0.25) is 0 Å². The van der Waals surface area contributed by atoms with E-state index in [1.165, 1.54) is 0 Å². The largest absolute Gasteiger partial charge is 1.00 e. The summed E-state index contributed by atoms with van der Waals surface area (Å²) in [7, 11) is 0. The molecule has 0 fully saturated rings. The Hall–Kier alpha value is -0.420. The van der Waals surface area contributed by atoms with E-state index in [0.29, 0.717) is 0 Å². The first-order valence-corrected chi connectivity index (χ1v) is 5.84. The number of carbonyl (C=O) groups excluding carboxylic acids is 1. The van der Waals surface area contributed by atoms with E-state index in [2.05, 4.69) is 0 Å². The molecule has 0 aromatic carbocycles. The van der Waals surface area contributed by atoms with Crippen LogP contribution in [0.1, 0.15) is 6.92 Å². The first-order chi connectivity index (χ1) is 10.3. The van der Waals surface area contributed by atoms with Gasteiger partial charge < -0.3 is 61.0 Å². The molecule has 10 N–H and O–H groups in total. The fourth-order valence-corrected chi connectivity index (χ4v) is 0.612. The third kappa shape index (κ3) is 16.4. The summed E-state index contributed by atoms with van der Waals surface area (Å²) >= 11 is 0. The zero-order chi connectivity index (χ0) is 19.3. The van der Waals surface area contributed by atoms with Crippen molar-refractivity contribution in [1.29, 1.82) is 0 Å². The number of carboxylic acids is 2. The second kappa shape index (κ2) is 17.4. The van der Waals surface area contributed by atoms with E-state index in [1.54, 1.807) is 6.92 Å². The van der Waals surface area contributed by atoms with Gasteiger partial charge in [0.15, 0.2) is 18.7 Å². The molecule has 0 aromatic rings. The van der Waals surface area contributed by atoms with E-state index in [0.717, 1.165) is 0 Å². The van der Waals surface area contributed by atoms with Crippen LogP contribution in [-0.2, 0) is 9.59 Å². The minimum atomic E-state index is -2.28. The molecule has 4 unspecified atom stereocenters. The first kappa shape index (κ1) is 31.4. The van der Waals surface area contributed by atoms with Crippen molar-refractivity contribution < 1.29 is 95.3 Å². The smallest absolute Gasteiger partial charge is 0.547 e. The summed E-state index contributed by atoms with van der Waals surface area (Å²) < 4.78 is 0. The Balaban J connectivity index is -0.000000138. The van der Waals surface area contributed by atoms with Gasteiger partial charge >= 0.3 is 35.5 Å². The molecular weight excluding hydrogens is 351 g/mol. The van der Waals surface area contributed by atoms with Gasteiger partial charge in [-0.1, -0.05) is 0 Å². The van der Waals surface area contributed by atoms with E-state index in [-0.39, 0.29) is 36.2 Å². The topological polar surface area (TPSA) is 260 Å². The molecule has 0 aliphatic rings. The number of aliphatic carboxylic acids is 2. The fraction of sp³-hybridized carbons (Fsp3) is 0.800. The summed E-state index contributed by atoms with van der Waals surface area (Å²) in [6.45, 7) is 1.93. The Morgan fingerprint density at radius 1 is 0.833 bits per heavy atom. The molecule has 140 valence electrons. The normalized spacial score (nSPS) is 14.8. The van der Waals surface area contributed by atoms with Crippen LogP contribution in [0.3, 0.4) is 0 Å². The predicted molar refractivity (Wildman–Crippen MR) is 65.9 cm³/mol. The van der Waals surface area contributed by atoms with Gasteiger partial charge in [0.1, 0.15) is 18.3 Å². The summed E-state index contributed by atoms with van der Waals surface area (Å²) in [5.41, 5.74) is 0. The summed E-state index contributed by atoms with van der Waals surface area (Å²) in [5.74, 6) is -3.67. The molecule has 0 rings (SSSR count). The van der Waals surface area contributed by atoms with Crippen LogP contribution in [0.5, 0.6) is 0 Å². The first-order valence-electron chi connectivity index (χ1n) is 5.84. The maximum atomic E-state index is 9.81. The van der Waals surface area contributed by atoms with Crippen LogP contribution in [0.25, 0.3) is 0 Å². The summed E-state index contributed by atoms with van der Waals surface area (Å²) in [6, 6.07) is 0. The maximum Gasteiger partial charge on any atom is 1.00 e. The van der Waals surface area contributed by atoms with Crippen LogP contribution in [0.4, 0.5) is 0 Å². The Morgan fingerprint density at radius 2 is 1.08 bits per heavy atom. The fourth-order valence-electron chi connectivity index (χ4n) is 0.612. The Labute approximate surface area is 158 Å². The average molecular weight is 372 g/mol. The molecule has 0 spiro atoms. The van der Waals surface area contributed by atoms with Gasteiger partial charge in [-0.2, -0.15) is 0 Å². The van der Waals surface area contributed by atoms with Gasteiger partial charge in [-0.15, -0.1) is 0 Å². The zero-order valence-corrected chi connectivity index (χ0v) is 14.9. The minimum Gasteiger partial charge on any atom is -0.547 e. The number of aliphatic hydroxyl groups excluding tert-OH is 7. The third-order valence-electron chi connectivity index (χ3n) is 1.75. The molecule has 0 saturated carbocycles. The Bertz CT molecular complexity index is 294. The van der Waals surface area contributed by atoms with E-state index in [4.69, 9.17) is 51.1 Å². The molecule has 0 heterocycles. The van der Waals surface area contributed by atoms with Crippen LogP contribution < -0.4 is 34.7 Å². The molecule has 0 radical (unpaired) electrons. The number of rotatable bonds is 6. The molecule has 4 atom stereocenters. The van der Waals surface area contributed by atoms with Crippen molar-refractivity contribution >= 4 is 11.9 Å². The second-order valence-corrected chi connectivity index (χ2v) is 3.67. The van der Waals surface area contributed by atoms with Gasteiger partial charge in [-0.3, -0.25) is 0 Å². The maximum absolute atomic E-state index is 9.81. The van der Waals surface area contributed by atoms with Gasteiger partial charge in [0.05, 0.1) is 5.97 Å². The van der Waals surface area contributed by atoms with Crippen LogP contribution in [0, 0.1) is 0 Å². The molecule has 0 saturated heterocycles. The van der Waals surface area contributed by atoms with Crippen molar-refractivity contribution in [3.05, 3.63) is 0 Å². The quantitative estimate of drug-likeness (QED) is 0.153. The van der Waals surface area contributed by atoms with E-state index in [9.17, 15) is 14.7 Å². The van der Waals surface area contributed by atoms with Gasteiger partial charge in [0.2, 0.25) is 0 Å². The predicted octanol–water partition coefficient (Wildman–Crippen LogP) is -10.1. The minimum absolute atomic E-state index is 0. The van der Waals surface area contributed by atoms with Crippen molar-refractivity contribution in [1.82, 2.24) is 0 Å². The molecule has 14 heteroatoms. The van der Waals surface area contributed by atoms with Crippen LogP contribution in [-0.4, -0.2) is 107 Å². The number of hydrogen-bond acceptors (Lipinski definition) is 12. The van der Waals surface area contributed by atoms with Crippen molar-refractivity contribution in [2.24, 2.45) is 0 Å². The molecule has 0 aliphatic heterocycles. The molecule has 0 aliphatic carbocycles. The second-order valence-electron chi connectivity index (χ2n) is 3.67. The number of hydrogen-bond donors (Lipinski definition) is 10. The molecule has 0 aromatic heterocycles. The van der Waals surface area contributed by atoms with Gasteiger partial charge in [0, 0.05) is 6.61 Å². The SMILES string of the molecule is CCO.O=C(O)C(O)C(O)C(O)O.O=C([O-])C(O)C(O)C(O)O.[Na+].